The number of carbonyl (C=O) groups excluding carboxylic acids is 1. The maximum atomic E-state index is 10.9. The number of nitrogens with two attached hydrogens (primary N) is 1. The normalized spacial score (nSPS) is 16.2. The Kier molecular flexibility index (Phi) is 13.6. The van der Waals surface area contributed by atoms with Crippen molar-refractivity contribution in [2.45, 2.75) is 59.0 Å². The molecule has 7 nitrogen and oxygen atoms in total. The summed E-state index contributed by atoms with van der Waals surface area (Å²) in [5.74, 6) is 1.54. The molecule has 176 valence electrons. The first-order valence-electron chi connectivity index (χ1n) is 11.3. The number of amides is 1. The SMILES string of the molecule is CCNC(=NCc1cccc(OCC(N)=O)c1)NCC(C(C)C)N1CCCCCC1.I. The topological polar surface area (TPSA) is 92.0 Å². The summed E-state index contributed by atoms with van der Waals surface area (Å²) in [6.07, 6.45) is 5.29. The van der Waals surface area contributed by atoms with Gasteiger partial charge in [-0.25, -0.2) is 4.99 Å². The van der Waals surface area contributed by atoms with Gasteiger partial charge in [-0.2, -0.15) is 0 Å². The summed E-state index contributed by atoms with van der Waals surface area (Å²) in [6.45, 7) is 11.2. The molecule has 1 saturated heterocycles. The predicted octanol–water partition coefficient (Wildman–Crippen LogP) is 3.12. The fourth-order valence-electron chi connectivity index (χ4n) is 3.81. The summed E-state index contributed by atoms with van der Waals surface area (Å²) in [6, 6.07) is 8.10. The lowest BCUT2D eigenvalue weighted by atomic mass is 10.0. The molecule has 1 aliphatic heterocycles. The molecule has 8 heteroatoms. The summed E-state index contributed by atoms with van der Waals surface area (Å²) in [7, 11) is 0. The molecule has 0 bridgehead atoms. The van der Waals surface area contributed by atoms with Crippen LogP contribution in [-0.4, -0.2) is 55.6 Å². The van der Waals surface area contributed by atoms with E-state index in [0.717, 1.165) is 24.6 Å². The monoisotopic (exact) mass is 545 g/mol. The van der Waals surface area contributed by atoms with Gasteiger partial charge in [0.05, 0.1) is 6.54 Å². The number of nitrogens with zero attached hydrogens (tertiary/aromatic N) is 2. The van der Waals surface area contributed by atoms with Gasteiger partial charge < -0.3 is 21.1 Å². The minimum Gasteiger partial charge on any atom is -0.484 e. The van der Waals surface area contributed by atoms with Crippen LogP contribution < -0.4 is 21.1 Å². The van der Waals surface area contributed by atoms with Crippen LogP contribution in [0.3, 0.4) is 0 Å². The van der Waals surface area contributed by atoms with Crippen LogP contribution in [0.5, 0.6) is 5.75 Å². The third kappa shape index (κ3) is 10.5. The second-order valence-corrected chi connectivity index (χ2v) is 8.24. The number of halogens is 1. The number of primary amides is 1. The van der Waals surface area contributed by atoms with Crippen molar-refractivity contribution in [2.75, 3.05) is 32.8 Å². The first kappa shape index (κ1) is 27.5. The van der Waals surface area contributed by atoms with E-state index in [9.17, 15) is 4.79 Å². The number of benzene rings is 1. The Balaban J connectivity index is 0.00000480. The smallest absolute Gasteiger partial charge is 0.255 e. The highest BCUT2D eigenvalue weighted by Gasteiger charge is 2.22. The number of guanidine groups is 1. The first-order chi connectivity index (χ1) is 14.5. The lowest BCUT2D eigenvalue weighted by Gasteiger charge is -2.34. The van der Waals surface area contributed by atoms with Gasteiger partial charge in [-0.3, -0.25) is 9.69 Å². The summed E-state index contributed by atoms with van der Waals surface area (Å²) in [5.41, 5.74) is 6.16. The van der Waals surface area contributed by atoms with Crippen LogP contribution in [0.25, 0.3) is 0 Å². The molecular weight excluding hydrogens is 505 g/mol. The zero-order valence-corrected chi connectivity index (χ0v) is 21.6. The molecule has 0 spiro atoms. The van der Waals surface area contributed by atoms with E-state index >= 15 is 0 Å². The number of likely N-dealkylation sites (tertiary alicyclic amines) is 1. The molecule has 1 aromatic carbocycles. The number of carbonyl (C=O) groups is 1. The molecule has 1 atom stereocenters. The molecule has 1 heterocycles. The van der Waals surface area contributed by atoms with Gasteiger partial charge in [-0.15, -0.1) is 24.0 Å². The van der Waals surface area contributed by atoms with Crippen molar-refractivity contribution in [1.82, 2.24) is 15.5 Å². The van der Waals surface area contributed by atoms with Crippen molar-refractivity contribution in [2.24, 2.45) is 16.6 Å². The molecule has 1 fully saturated rings. The molecule has 0 aromatic heterocycles. The Labute approximate surface area is 204 Å². The quantitative estimate of drug-likeness (QED) is 0.239. The molecule has 2 rings (SSSR count). The fourth-order valence-corrected chi connectivity index (χ4v) is 3.81. The maximum Gasteiger partial charge on any atom is 0.255 e. The van der Waals surface area contributed by atoms with Crippen molar-refractivity contribution >= 4 is 35.8 Å². The zero-order chi connectivity index (χ0) is 21.8. The van der Waals surface area contributed by atoms with Crippen molar-refractivity contribution in [3.8, 4) is 5.75 Å². The molecular formula is C23H40IN5O2. The van der Waals surface area contributed by atoms with Crippen LogP contribution in [0.15, 0.2) is 29.3 Å². The molecule has 0 radical (unpaired) electrons. The Hall–Kier alpha value is -1.55. The van der Waals surface area contributed by atoms with E-state index in [4.69, 9.17) is 15.5 Å². The minimum absolute atomic E-state index is 0. The first-order valence-corrected chi connectivity index (χ1v) is 11.3. The average molecular weight is 546 g/mol. The third-order valence-electron chi connectivity index (χ3n) is 5.40. The Morgan fingerprint density at radius 2 is 1.90 bits per heavy atom. The van der Waals surface area contributed by atoms with E-state index in [0.29, 0.717) is 24.3 Å². The molecule has 0 saturated carbocycles. The largest absolute Gasteiger partial charge is 0.484 e. The zero-order valence-electron chi connectivity index (χ0n) is 19.2. The van der Waals surface area contributed by atoms with E-state index in [2.05, 4.69) is 36.3 Å². The lowest BCUT2D eigenvalue weighted by molar-refractivity contribution is -0.119. The van der Waals surface area contributed by atoms with Gasteiger partial charge in [0, 0.05) is 19.1 Å². The Bertz CT molecular complexity index is 676. The highest BCUT2D eigenvalue weighted by molar-refractivity contribution is 14.0. The standard InChI is InChI=1S/C23H39N5O2.HI/c1-4-25-23(26-15-19-10-9-11-20(14-19)30-17-22(24)29)27-16-21(18(2)3)28-12-7-5-6-8-13-28;/h9-11,14,18,21H,4-8,12-13,15-17H2,1-3H3,(H2,24,29)(H2,25,26,27);1H. The van der Waals surface area contributed by atoms with Crippen LogP contribution in [0.1, 0.15) is 52.0 Å². The van der Waals surface area contributed by atoms with Gasteiger partial charge in [0.1, 0.15) is 5.75 Å². The lowest BCUT2D eigenvalue weighted by Crippen LogP contribution is -2.49. The number of hydrogen-bond donors (Lipinski definition) is 3. The number of nitrogens with one attached hydrogen (secondary N) is 2. The number of hydrogen-bond acceptors (Lipinski definition) is 4. The summed E-state index contributed by atoms with van der Waals surface area (Å²) >= 11 is 0. The molecule has 1 unspecified atom stereocenters. The molecule has 1 aliphatic rings. The van der Waals surface area contributed by atoms with Gasteiger partial charge in [0.25, 0.3) is 5.91 Å². The molecule has 1 aromatic rings. The predicted molar refractivity (Wildman–Crippen MR) is 138 cm³/mol. The van der Waals surface area contributed by atoms with Gasteiger partial charge in [-0.1, -0.05) is 38.8 Å². The molecule has 4 N–H and O–H groups in total. The molecule has 31 heavy (non-hydrogen) atoms. The average Bonchev–Trinajstić information content (AvgIpc) is 3.00. The van der Waals surface area contributed by atoms with Crippen molar-refractivity contribution < 1.29 is 9.53 Å². The van der Waals surface area contributed by atoms with E-state index in [1.807, 2.05) is 24.3 Å². The third-order valence-corrected chi connectivity index (χ3v) is 5.40. The van der Waals surface area contributed by atoms with Crippen LogP contribution in [0.2, 0.25) is 0 Å². The van der Waals surface area contributed by atoms with Crippen LogP contribution in [0, 0.1) is 5.92 Å². The van der Waals surface area contributed by atoms with Gasteiger partial charge >= 0.3 is 0 Å². The number of rotatable bonds is 10. The summed E-state index contributed by atoms with van der Waals surface area (Å²) < 4.78 is 5.39. The summed E-state index contributed by atoms with van der Waals surface area (Å²) in [4.78, 5) is 18.3. The Morgan fingerprint density at radius 3 is 2.52 bits per heavy atom. The maximum absolute atomic E-state index is 10.9. The van der Waals surface area contributed by atoms with Crippen LogP contribution in [-0.2, 0) is 11.3 Å². The molecule has 1 amide bonds. The number of ether oxygens (including phenoxy) is 1. The van der Waals surface area contributed by atoms with E-state index < -0.39 is 5.91 Å². The van der Waals surface area contributed by atoms with Crippen molar-refractivity contribution in [3.05, 3.63) is 29.8 Å². The van der Waals surface area contributed by atoms with Crippen LogP contribution >= 0.6 is 24.0 Å². The number of aliphatic imine (C=N–C) groups is 1. The van der Waals surface area contributed by atoms with Crippen molar-refractivity contribution in [3.63, 3.8) is 0 Å². The van der Waals surface area contributed by atoms with Gasteiger partial charge in [-0.05, 0) is 56.5 Å². The Morgan fingerprint density at radius 1 is 1.19 bits per heavy atom. The van der Waals surface area contributed by atoms with E-state index in [1.165, 1.54) is 38.8 Å². The van der Waals surface area contributed by atoms with E-state index in [1.54, 1.807) is 0 Å². The fraction of sp³-hybridized carbons (Fsp3) is 0.652. The highest BCUT2D eigenvalue weighted by atomic mass is 127. The second kappa shape index (κ2) is 15.3. The van der Waals surface area contributed by atoms with Crippen molar-refractivity contribution in [1.29, 1.82) is 0 Å². The van der Waals surface area contributed by atoms with Gasteiger partial charge in [0.15, 0.2) is 12.6 Å². The van der Waals surface area contributed by atoms with Crippen LogP contribution in [0.4, 0.5) is 0 Å². The minimum atomic E-state index is -0.485. The van der Waals surface area contributed by atoms with E-state index in [-0.39, 0.29) is 30.6 Å². The highest BCUT2D eigenvalue weighted by Crippen LogP contribution is 2.17. The second-order valence-electron chi connectivity index (χ2n) is 8.24. The summed E-state index contributed by atoms with van der Waals surface area (Å²) in [5, 5.41) is 6.89. The molecule has 0 aliphatic carbocycles. The van der Waals surface area contributed by atoms with Gasteiger partial charge in [0.2, 0.25) is 0 Å².